The van der Waals surface area contributed by atoms with Crippen molar-refractivity contribution in [3.05, 3.63) is 44.4 Å². The van der Waals surface area contributed by atoms with Crippen LogP contribution in [0.4, 0.5) is 8.78 Å². The van der Waals surface area contributed by atoms with Crippen LogP contribution in [-0.2, 0) is 6.42 Å². The van der Waals surface area contributed by atoms with Gasteiger partial charge in [0.2, 0.25) is 0 Å². The van der Waals surface area contributed by atoms with Crippen LogP contribution in [0.15, 0.2) is 16.6 Å². The molecule has 1 atom stereocenters. The zero-order chi connectivity index (χ0) is 13.3. The predicted molar refractivity (Wildman–Crippen MR) is 69.3 cm³/mol. The molecule has 1 aromatic carbocycles. The van der Waals surface area contributed by atoms with E-state index in [4.69, 9.17) is 5.73 Å². The van der Waals surface area contributed by atoms with Gasteiger partial charge in [-0.1, -0.05) is 4.49 Å². The minimum atomic E-state index is -0.611. The molecule has 1 heterocycles. The number of benzene rings is 1. The zero-order valence-electron chi connectivity index (χ0n) is 9.45. The Morgan fingerprint density at radius 3 is 2.78 bits per heavy atom. The summed E-state index contributed by atoms with van der Waals surface area (Å²) in [5.74, 6) is -1.21. The number of halogens is 3. The molecule has 0 spiro atoms. The Morgan fingerprint density at radius 1 is 1.44 bits per heavy atom. The highest BCUT2D eigenvalue weighted by Gasteiger charge is 2.19. The Kier molecular flexibility index (Phi) is 4.04. The van der Waals surface area contributed by atoms with E-state index in [0.29, 0.717) is 5.69 Å². The van der Waals surface area contributed by atoms with Crippen LogP contribution in [0.5, 0.6) is 0 Å². The van der Waals surface area contributed by atoms with Gasteiger partial charge < -0.3 is 5.73 Å². The third-order valence-corrected chi connectivity index (χ3v) is 4.16. The molecule has 0 radical (unpaired) electrons. The predicted octanol–water partition coefficient (Wildman–Crippen LogP) is 3.13. The number of nitrogens with zero attached hydrogens (tertiary/aromatic N) is 2. The smallest absolute Gasteiger partial charge is 0.143 e. The Labute approximate surface area is 115 Å². The highest BCUT2D eigenvalue weighted by atomic mass is 79.9. The van der Waals surface area contributed by atoms with E-state index in [9.17, 15) is 8.78 Å². The molecule has 2 rings (SSSR count). The average molecular weight is 334 g/mol. The number of hydrogen-bond donors (Lipinski definition) is 1. The quantitative estimate of drug-likeness (QED) is 0.878. The molecule has 3 nitrogen and oxygen atoms in total. The molecule has 1 unspecified atom stereocenters. The molecule has 1 aromatic heterocycles. The SMILES string of the molecule is Cc1nnsc1C(N)Cc1c(F)ccc(Br)c1F. The summed E-state index contributed by atoms with van der Waals surface area (Å²) in [5, 5.41) is 3.83. The van der Waals surface area contributed by atoms with Gasteiger partial charge >= 0.3 is 0 Å². The van der Waals surface area contributed by atoms with E-state index in [2.05, 4.69) is 25.5 Å². The van der Waals surface area contributed by atoms with Gasteiger partial charge in [0.1, 0.15) is 11.6 Å². The first-order valence-corrected chi connectivity index (χ1v) is 6.74. The molecule has 0 amide bonds. The van der Waals surface area contributed by atoms with Gasteiger partial charge in [0.15, 0.2) is 0 Å². The van der Waals surface area contributed by atoms with Crippen molar-refractivity contribution in [3.63, 3.8) is 0 Å². The lowest BCUT2D eigenvalue weighted by atomic mass is 10.0. The second-order valence-electron chi connectivity index (χ2n) is 3.85. The number of hydrogen-bond acceptors (Lipinski definition) is 4. The molecule has 0 saturated heterocycles. The van der Waals surface area contributed by atoms with E-state index in [1.165, 1.54) is 12.1 Å². The van der Waals surface area contributed by atoms with E-state index < -0.39 is 17.7 Å². The van der Waals surface area contributed by atoms with Crippen LogP contribution in [-0.4, -0.2) is 9.59 Å². The molecule has 18 heavy (non-hydrogen) atoms. The van der Waals surface area contributed by atoms with Crippen molar-refractivity contribution in [1.82, 2.24) is 9.59 Å². The summed E-state index contributed by atoms with van der Waals surface area (Å²) in [4.78, 5) is 0.744. The normalized spacial score (nSPS) is 12.7. The van der Waals surface area contributed by atoms with Gasteiger partial charge in [-0.15, -0.1) is 5.10 Å². The fraction of sp³-hybridized carbons (Fsp3) is 0.273. The summed E-state index contributed by atoms with van der Waals surface area (Å²) < 4.78 is 31.4. The minimum Gasteiger partial charge on any atom is -0.323 e. The topological polar surface area (TPSA) is 51.8 Å². The standard InChI is InChI=1S/C11H10BrF2N3S/c1-5-11(18-17-16-5)9(15)4-6-8(13)3-2-7(12)10(6)14/h2-3,9H,4,15H2,1H3. The molecule has 2 aromatic rings. The van der Waals surface area contributed by atoms with Crippen molar-refractivity contribution < 1.29 is 8.78 Å². The highest BCUT2D eigenvalue weighted by molar-refractivity contribution is 9.10. The number of aromatic nitrogens is 2. The second kappa shape index (κ2) is 5.38. The first-order chi connectivity index (χ1) is 8.50. The van der Waals surface area contributed by atoms with Gasteiger partial charge in [0.05, 0.1) is 15.0 Å². The Morgan fingerprint density at radius 2 is 2.17 bits per heavy atom. The first-order valence-electron chi connectivity index (χ1n) is 5.17. The van der Waals surface area contributed by atoms with Crippen molar-refractivity contribution >= 4 is 27.5 Å². The molecule has 0 fully saturated rings. The van der Waals surface area contributed by atoms with Crippen molar-refractivity contribution in [2.75, 3.05) is 0 Å². The van der Waals surface area contributed by atoms with Crippen molar-refractivity contribution in [2.45, 2.75) is 19.4 Å². The van der Waals surface area contributed by atoms with Crippen LogP contribution in [0.2, 0.25) is 0 Å². The third kappa shape index (κ3) is 2.57. The van der Waals surface area contributed by atoms with Gasteiger partial charge in [0.25, 0.3) is 0 Å². The maximum Gasteiger partial charge on any atom is 0.143 e. The summed E-state index contributed by atoms with van der Waals surface area (Å²) >= 11 is 4.18. The molecule has 0 aliphatic carbocycles. The van der Waals surface area contributed by atoms with E-state index in [0.717, 1.165) is 16.4 Å². The van der Waals surface area contributed by atoms with Crippen LogP contribution in [0.25, 0.3) is 0 Å². The summed E-state index contributed by atoms with van der Waals surface area (Å²) in [6.07, 6.45) is 0.0712. The number of aryl methyl sites for hydroxylation is 1. The van der Waals surface area contributed by atoms with Crippen LogP contribution in [0.3, 0.4) is 0 Å². The van der Waals surface area contributed by atoms with Crippen molar-refractivity contribution in [1.29, 1.82) is 0 Å². The van der Waals surface area contributed by atoms with Crippen molar-refractivity contribution in [2.24, 2.45) is 5.73 Å². The number of rotatable bonds is 3. The summed E-state index contributed by atoms with van der Waals surface area (Å²) in [6.45, 7) is 1.77. The third-order valence-electron chi connectivity index (χ3n) is 2.59. The summed E-state index contributed by atoms with van der Waals surface area (Å²) in [6, 6.07) is 2.04. The van der Waals surface area contributed by atoms with Crippen LogP contribution < -0.4 is 5.73 Å². The highest BCUT2D eigenvalue weighted by Crippen LogP contribution is 2.27. The lowest BCUT2D eigenvalue weighted by Crippen LogP contribution is -2.15. The molecule has 0 aliphatic rings. The van der Waals surface area contributed by atoms with Crippen LogP contribution in [0.1, 0.15) is 22.2 Å². The van der Waals surface area contributed by atoms with Gasteiger partial charge in [-0.2, -0.15) is 0 Å². The lowest BCUT2D eigenvalue weighted by molar-refractivity contribution is 0.537. The van der Waals surface area contributed by atoms with Gasteiger partial charge in [-0.05, 0) is 52.9 Å². The van der Waals surface area contributed by atoms with Crippen molar-refractivity contribution in [3.8, 4) is 0 Å². The van der Waals surface area contributed by atoms with E-state index in [1.807, 2.05) is 0 Å². The second-order valence-corrected chi connectivity index (χ2v) is 5.49. The monoisotopic (exact) mass is 333 g/mol. The fourth-order valence-corrected chi connectivity index (χ4v) is 2.66. The molecular weight excluding hydrogens is 324 g/mol. The molecule has 0 saturated carbocycles. The average Bonchev–Trinajstić information content (AvgIpc) is 2.76. The lowest BCUT2D eigenvalue weighted by Gasteiger charge is -2.12. The van der Waals surface area contributed by atoms with E-state index >= 15 is 0 Å². The molecule has 0 bridgehead atoms. The fourth-order valence-electron chi connectivity index (χ4n) is 1.65. The van der Waals surface area contributed by atoms with Crippen LogP contribution in [0, 0.1) is 18.6 Å². The maximum absolute atomic E-state index is 13.8. The minimum absolute atomic E-state index is 0.0234. The van der Waals surface area contributed by atoms with Gasteiger partial charge in [0, 0.05) is 11.6 Å². The Balaban J connectivity index is 2.30. The maximum atomic E-state index is 13.8. The largest absolute Gasteiger partial charge is 0.323 e. The summed E-state index contributed by atoms with van der Waals surface area (Å²) in [7, 11) is 0. The summed E-state index contributed by atoms with van der Waals surface area (Å²) in [5.41, 5.74) is 6.62. The van der Waals surface area contributed by atoms with Gasteiger partial charge in [-0.25, -0.2) is 8.78 Å². The molecular formula is C11H10BrF2N3S. The van der Waals surface area contributed by atoms with Gasteiger partial charge in [-0.3, -0.25) is 0 Å². The molecule has 7 heteroatoms. The Hall–Kier alpha value is -0.920. The zero-order valence-corrected chi connectivity index (χ0v) is 11.9. The Bertz CT molecular complexity index is 573. The molecule has 2 N–H and O–H groups in total. The van der Waals surface area contributed by atoms with E-state index in [-0.39, 0.29) is 16.5 Å². The van der Waals surface area contributed by atoms with Crippen LogP contribution >= 0.6 is 27.5 Å². The first kappa shape index (κ1) is 13.5. The van der Waals surface area contributed by atoms with E-state index in [1.54, 1.807) is 6.92 Å². The number of nitrogens with two attached hydrogens (primary N) is 1. The molecule has 96 valence electrons. The molecule has 0 aliphatic heterocycles.